The first-order valence-electron chi connectivity index (χ1n) is 7.61. The van der Waals surface area contributed by atoms with Crippen molar-refractivity contribution in [3.8, 4) is 0 Å². The fourth-order valence-electron chi connectivity index (χ4n) is 2.50. The Morgan fingerprint density at radius 3 is 3.18 bits per heavy atom. The molecular weight excluding hydrogens is 282 g/mol. The van der Waals surface area contributed by atoms with Gasteiger partial charge >= 0.3 is 0 Å². The second-order valence-corrected chi connectivity index (χ2v) is 5.98. The zero-order chi connectivity index (χ0) is 15.5. The number of fused-ring (bicyclic) bond motifs is 1. The van der Waals surface area contributed by atoms with Crippen molar-refractivity contribution in [1.82, 2.24) is 25.3 Å². The third kappa shape index (κ3) is 3.36. The van der Waals surface area contributed by atoms with Crippen molar-refractivity contribution in [2.75, 3.05) is 6.54 Å². The van der Waals surface area contributed by atoms with Crippen LogP contribution in [0.2, 0.25) is 0 Å². The summed E-state index contributed by atoms with van der Waals surface area (Å²) < 4.78 is 7.27. The van der Waals surface area contributed by atoms with Gasteiger partial charge in [-0.05, 0) is 5.92 Å². The van der Waals surface area contributed by atoms with Gasteiger partial charge in [0.25, 0.3) is 5.91 Å². The van der Waals surface area contributed by atoms with Crippen molar-refractivity contribution in [1.29, 1.82) is 0 Å². The highest BCUT2D eigenvalue weighted by molar-refractivity contribution is 5.92. The topological polar surface area (TPSA) is 85.0 Å². The lowest BCUT2D eigenvalue weighted by molar-refractivity contribution is 0.0945. The molecule has 7 heteroatoms. The Hall–Kier alpha value is -2.15. The molecule has 2 aromatic heterocycles. The molecule has 0 aliphatic carbocycles. The molecule has 0 aromatic carbocycles. The first-order valence-corrected chi connectivity index (χ1v) is 7.61. The van der Waals surface area contributed by atoms with Crippen molar-refractivity contribution in [2.24, 2.45) is 5.92 Å². The third-order valence-corrected chi connectivity index (χ3v) is 3.55. The van der Waals surface area contributed by atoms with Crippen LogP contribution < -0.4 is 10.6 Å². The molecule has 2 aromatic rings. The molecule has 0 spiro atoms. The average molecular weight is 303 g/mol. The molecule has 0 bridgehead atoms. The van der Waals surface area contributed by atoms with E-state index in [0.29, 0.717) is 24.7 Å². The summed E-state index contributed by atoms with van der Waals surface area (Å²) in [7, 11) is 0. The van der Waals surface area contributed by atoms with Gasteiger partial charge in [0.05, 0.1) is 13.1 Å². The Labute approximate surface area is 129 Å². The highest BCUT2D eigenvalue weighted by atomic mass is 16.5. The van der Waals surface area contributed by atoms with Crippen LogP contribution in [-0.2, 0) is 26.1 Å². The normalized spacial score (nSPS) is 14.1. The molecule has 3 rings (SSSR count). The molecule has 7 nitrogen and oxygen atoms in total. The molecule has 0 radical (unpaired) electrons. The van der Waals surface area contributed by atoms with Gasteiger partial charge in [0, 0.05) is 31.8 Å². The van der Waals surface area contributed by atoms with E-state index < -0.39 is 0 Å². The Morgan fingerprint density at radius 2 is 2.41 bits per heavy atom. The number of carbonyl (C=O) groups is 1. The van der Waals surface area contributed by atoms with Gasteiger partial charge < -0.3 is 19.7 Å². The van der Waals surface area contributed by atoms with E-state index in [2.05, 4.69) is 34.6 Å². The number of aromatic nitrogens is 3. The van der Waals surface area contributed by atoms with E-state index in [-0.39, 0.29) is 5.91 Å². The van der Waals surface area contributed by atoms with E-state index in [1.807, 2.05) is 10.6 Å². The second kappa shape index (κ2) is 6.31. The van der Waals surface area contributed by atoms with Gasteiger partial charge in [-0.1, -0.05) is 19.0 Å². The number of nitrogens with one attached hydrogen (secondary N) is 2. The van der Waals surface area contributed by atoms with E-state index in [0.717, 1.165) is 36.8 Å². The molecule has 1 amide bonds. The Morgan fingerprint density at radius 1 is 1.55 bits per heavy atom. The van der Waals surface area contributed by atoms with Crippen molar-refractivity contribution >= 4 is 5.91 Å². The predicted octanol–water partition coefficient (Wildman–Crippen LogP) is 1.10. The third-order valence-electron chi connectivity index (χ3n) is 3.55. The summed E-state index contributed by atoms with van der Waals surface area (Å²) in [4.78, 5) is 16.5. The van der Waals surface area contributed by atoms with E-state index in [4.69, 9.17) is 4.52 Å². The van der Waals surface area contributed by atoms with Crippen LogP contribution in [0.25, 0.3) is 0 Å². The minimum atomic E-state index is -0.185. The average Bonchev–Trinajstić information content (AvgIpc) is 3.10. The second-order valence-electron chi connectivity index (χ2n) is 5.98. The van der Waals surface area contributed by atoms with E-state index in [9.17, 15) is 4.79 Å². The summed E-state index contributed by atoms with van der Waals surface area (Å²) >= 11 is 0. The highest BCUT2D eigenvalue weighted by Gasteiger charge is 2.16. The van der Waals surface area contributed by atoms with Crippen LogP contribution in [0.3, 0.4) is 0 Å². The number of rotatable bonds is 5. The molecule has 0 unspecified atom stereocenters. The molecule has 0 fully saturated rings. The van der Waals surface area contributed by atoms with Gasteiger partial charge in [0.15, 0.2) is 0 Å². The smallest absolute Gasteiger partial charge is 0.271 e. The van der Waals surface area contributed by atoms with Gasteiger partial charge in [-0.15, -0.1) is 0 Å². The first-order chi connectivity index (χ1) is 10.6. The highest BCUT2D eigenvalue weighted by Crippen LogP contribution is 2.10. The van der Waals surface area contributed by atoms with Gasteiger partial charge in [-0.2, -0.15) is 0 Å². The maximum Gasteiger partial charge on any atom is 0.271 e. The van der Waals surface area contributed by atoms with Crippen LogP contribution in [0.1, 0.15) is 41.6 Å². The molecule has 118 valence electrons. The van der Waals surface area contributed by atoms with Crippen LogP contribution in [0.5, 0.6) is 0 Å². The SMILES string of the molecule is CC(C)Cc1cc(CNC(=O)c2cn3c(n2)CNCC3)no1. The number of nitrogens with zero attached hydrogens (tertiary/aromatic N) is 3. The molecule has 1 aliphatic heterocycles. The number of carbonyl (C=O) groups excluding carboxylic acids is 1. The fourth-order valence-corrected chi connectivity index (χ4v) is 2.50. The molecule has 0 saturated heterocycles. The van der Waals surface area contributed by atoms with Crippen LogP contribution >= 0.6 is 0 Å². The summed E-state index contributed by atoms with van der Waals surface area (Å²) in [5.74, 6) is 2.08. The maximum atomic E-state index is 12.2. The number of imidazole rings is 1. The van der Waals surface area contributed by atoms with E-state index in [1.54, 1.807) is 6.20 Å². The lowest BCUT2D eigenvalue weighted by atomic mass is 10.1. The van der Waals surface area contributed by atoms with Gasteiger partial charge in [-0.3, -0.25) is 4.79 Å². The van der Waals surface area contributed by atoms with Crippen LogP contribution in [0.15, 0.2) is 16.8 Å². The Kier molecular flexibility index (Phi) is 4.24. The van der Waals surface area contributed by atoms with Crippen molar-refractivity contribution < 1.29 is 9.32 Å². The standard InChI is InChI=1S/C15H21N5O2/c1-10(2)5-12-6-11(19-22-12)7-17-15(21)13-9-20-4-3-16-8-14(20)18-13/h6,9-10,16H,3-5,7-8H2,1-2H3,(H,17,21). The fraction of sp³-hybridized carbons (Fsp3) is 0.533. The zero-order valence-electron chi connectivity index (χ0n) is 12.9. The summed E-state index contributed by atoms with van der Waals surface area (Å²) in [6, 6.07) is 1.89. The lowest BCUT2D eigenvalue weighted by Gasteiger charge is -2.13. The van der Waals surface area contributed by atoms with E-state index >= 15 is 0 Å². The Balaban J connectivity index is 1.58. The molecule has 0 saturated carbocycles. The van der Waals surface area contributed by atoms with Crippen LogP contribution in [0.4, 0.5) is 0 Å². The summed E-state index contributed by atoms with van der Waals surface area (Å²) in [6.07, 6.45) is 2.65. The van der Waals surface area contributed by atoms with Gasteiger partial charge in [-0.25, -0.2) is 4.98 Å². The van der Waals surface area contributed by atoms with Gasteiger partial charge in [0.2, 0.25) is 0 Å². The van der Waals surface area contributed by atoms with Crippen molar-refractivity contribution in [3.05, 3.63) is 35.2 Å². The molecule has 22 heavy (non-hydrogen) atoms. The molecule has 2 N–H and O–H groups in total. The predicted molar refractivity (Wildman–Crippen MR) is 80.1 cm³/mol. The van der Waals surface area contributed by atoms with Crippen LogP contribution in [0, 0.1) is 5.92 Å². The van der Waals surface area contributed by atoms with Gasteiger partial charge in [0.1, 0.15) is 23.0 Å². The Bertz CT molecular complexity index is 635. The summed E-state index contributed by atoms with van der Waals surface area (Å²) in [6.45, 7) is 7.05. The quantitative estimate of drug-likeness (QED) is 0.864. The molecule has 0 atom stereocenters. The molecule has 3 heterocycles. The summed E-state index contributed by atoms with van der Waals surface area (Å²) in [5, 5.41) is 10.0. The lowest BCUT2D eigenvalue weighted by Crippen LogP contribution is -2.27. The van der Waals surface area contributed by atoms with Crippen molar-refractivity contribution in [2.45, 2.75) is 39.9 Å². The minimum absolute atomic E-state index is 0.185. The monoisotopic (exact) mass is 303 g/mol. The number of hydrogen-bond donors (Lipinski definition) is 2. The van der Waals surface area contributed by atoms with Crippen molar-refractivity contribution in [3.63, 3.8) is 0 Å². The largest absolute Gasteiger partial charge is 0.361 e. The summed E-state index contributed by atoms with van der Waals surface area (Å²) in [5.41, 5.74) is 1.18. The van der Waals surface area contributed by atoms with E-state index in [1.165, 1.54) is 0 Å². The number of amides is 1. The minimum Gasteiger partial charge on any atom is -0.361 e. The molecular formula is C15H21N5O2. The number of hydrogen-bond acceptors (Lipinski definition) is 5. The zero-order valence-corrected chi connectivity index (χ0v) is 12.9. The van der Waals surface area contributed by atoms with Crippen LogP contribution in [-0.4, -0.2) is 27.2 Å². The molecule has 1 aliphatic rings. The first kappa shape index (κ1) is 14.8. The maximum absolute atomic E-state index is 12.2.